The van der Waals surface area contributed by atoms with Gasteiger partial charge in [-0.3, -0.25) is 4.57 Å². The monoisotopic (exact) mass is 588 g/mol. The summed E-state index contributed by atoms with van der Waals surface area (Å²) in [5.74, 6) is 0. The van der Waals surface area contributed by atoms with Crippen LogP contribution in [0.1, 0.15) is 0 Å². The Hall–Kier alpha value is -4.55. The second-order valence-corrected chi connectivity index (χ2v) is 13.8. The average Bonchev–Trinajstić information content (AvgIpc) is 3.80. The SMILES string of the molecule is c1ccc(-c2cc3nc(-n4c5ccccc5c5ccc6sc7ccccc7c6c54)sc3c3c2sc2ccccc23)cc1. The van der Waals surface area contributed by atoms with E-state index in [-0.39, 0.29) is 0 Å². The minimum atomic E-state index is 1.01. The number of aromatic nitrogens is 2. The molecule has 0 aliphatic heterocycles. The van der Waals surface area contributed by atoms with Gasteiger partial charge in [0.2, 0.25) is 0 Å². The molecule has 0 aliphatic rings. The lowest BCUT2D eigenvalue weighted by atomic mass is 10.0. The van der Waals surface area contributed by atoms with E-state index >= 15 is 0 Å². The van der Waals surface area contributed by atoms with Gasteiger partial charge in [-0.15, -0.1) is 22.7 Å². The average molecular weight is 589 g/mol. The number of nitrogens with zero attached hydrogens (tertiary/aromatic N) is 2. The second kappa shape index (κ2) is 8.49. The molecule has 0 N–H and O–H groups in total. The van der Waals surface area contributed by atoms with Crippen molar-refractivity contribution < 1.29 is 0 Å². The lowest BCUT2D eigenvalue weighted by Crippen LogP contribution is -1.93. The molecule has 2 nitrogen and oxygen atoms in total. The number of thiazole rings is 1. The van der Waals surface area contributed by atoms with Crippen molar-refractivity contribution in [3.8, 4) is 16.3 Å². The molecule has 0 amide bonds. The Kier molecular flexibility index (Phi) is 4.66. The quantitative estimate of drug-likeness (QED) is 0.196. The molecule has 0 atom stereocenters. The minimum absolute atomic E-state index is 1.01. The van der Waals surface area contributed by atoms with Crippen LogP contribution in [-0.4, -0.2) is 9.55 Å². The maximum Gasteiger partial charge on any atom is 0.195 e. The van der Waals surface area contributed by atoms with E-state index in [9.17, 15) is 0 Å². The molecule has 0 fully saturated rings. The Morgan fingerprint density at radius 1 is 0.500 bits per heavy atom. The Morgan fingerprint density at radius 3 is 2.02 bits per heavy atom. The van der Waals surface area contributed by atoms with Crippen LogP contribution in [0.5, 0.6) is 0 Å². The highest BCUT2D eigenvalue weighted by atomic mass is 32.1. The van der Waals surface area contributed by atoms with E-state index in [0.717, 1.165) is 10.6 Å². The summed E-state index contributed by atoms with van der Waals surface area (Å²) >= 11 is 5.57. The van der Waals surface area contributed by atoms with Gasteiger partial charge in [-0.1, -0.05) is 102 Å². The molecule has 6 aromatic carbocycles. The molecule has 0 saturated heterocycles. The van der Waals surface area contributed by atoms with Crippen molar-refractivity contribution in [3.63, 3.8) is 0 Å². The molecule has 10 rings (SSSR count). The van der Waals surface area contributed by atoms with Gasteiger partial charge in [0.25, 0.3) is 0 Å². The first-order valence-electron chi connectivity index (χ1n) is 14.0. The smallest absolute Gasteiger partial charge is 0.195 e. The lowest BCUT2D eigenvalue weighted by molar-refractivity contribution is 1.15. The lowest BCUT2D eigenvalue weighted by Gasteiger charge is -2.04. The number of benzene rings is 6. The summed E-state index contributed by atoms with van der Waals surface area (Å²) < 4.78 is 8.96. The van der Waals surface area contributed by atoms with E-state index in [4.69, 9.17) is 4.98 Å². The van der Waals surface area contributed by atoms with E-state index in [1.807, 2.05) is 34.0 Å². The predicted octanol–water partition coefficient (Wildman–Crippen LogP) is 11.8. The minimum Gasteiger partial charge on any atom is -0.285 e. The van der Waals surface area contributed by atoms with Gasteiger partial charge in [0, 0.05) is 56.7 Å². The van der Waals surface area contributed by atoms with Crippen LogP contribution >= 0.6 is 34.0 Å². The molecule has 0 unspecified atom stereocenters. The Balaban J connectivity index is 1.39. The van der Waals surface area contributed by atoms with Crippen LogP contribution < -0.4 is 0 Å². The van der Waals surface area contributed by atoms with Crippen LogP contribution in [-0.2, 0) is 0 Å². The van der Waals surface area contributed by atoms with Crippen LogP contribution in [0.15, 0.2) is 121 Å². The first-order valence-corrected chi connectivity index (χ1v) is 16.4. The summed E-state index contributed by atoms with van der Waals surface area (Å²) in [7, 11) is 0. The predicted molar refractivity (Wildman–Crippen MR) is 185 cm³/mol. The topological polar surface area (TPSA) is 17.8 Å². The highest BCUT2D eigenvalue weighted by molar-refractivity contribution is 7.28. The second-order valence-electron chi connectivity index (χ2n) is 10.7. The molecule has 4 aromatic heterocycles. The van der Waals surface area contributed by atoms with Crippen molar-refractivity contribution >= 4 is 106 Å². The Bertz CT molecular complexity index is 2690. The summed E-state index contributed by atoms with van der Waals surface area (Å²) in [6.45, 7) is 0. The summed E-state index contributed by atoms with van der Waals surface area (Å²) in [6, 6.07) is 44.1. The summed E-state index contributed by atoms with van der Waals surface area (Å²) in [5.41, 5.74) is 5.99. The molecule has 0 bridgehead atoms. The highest BCUT2D eigenvalue weighted by Gasteiger charge is 2.22. The fraction of sp³-hybridized carbons (Fsp3) is 0. The molecule has 0 aliphatic carbocycles. The largest absolute Gasteiger partial charge is 0.285 e. The highest BCUT2D eigenvalue weighted by Crippen LogP contribution is 2.48. The van der Waals surface area contributed by atoms with E-state index < -0.39 is 0 Å². The molecule has 0 saturated carbocycles. The third-order valence-corrected chi connectivity index (χ3v) is 11.9. The van der Waals surface area contributed by atoms with E-state index in [2.05, 4.69) is 126 Å². The van der Waals surface area contributed by atoms with Crippen LogP contribution in [0, 0.1) is 0 Å². The summed E-state index contributed by atoms with van der Waals surface area (Å²) in [4.78, 5) is 5.44. The van der Waals surface area contributed by atoms with Gasteiger partial charge in [-0.25, -0.2) is 4.98 Å². The third kappa shape index (κ3) is 3.05. The van der Waals surface area contributed by atoms with Crippen LogP contribution in [0.4, 0.5) is 0 Å². The number of hydrogen-bond acceptors (Lipinski definition) is 4. The first-order chi connectivity index (χ1) is 20.8. The fourth-order valence-electron chi connectivity index (χ4n) is 6.65. The molecule has 0 spiro atoms. The van der Waals surface area contributed by atoms with Crippen LogP contribution in [0.25, 0.3) is 88.6 Å². The third-order valence-electron chi connectivity index (χ3n) is 8.44. The van der Waals surface area contributed by atoms with Crippen molar-refractivity contribution in [1.29, 1.82) is 0 Å². The molecule has 10 aromatic rings. The number of hydrogen-bond donors (Lipinski definition) is 0. The molecule has 196 valence electrons. The first kappa shape index (κ1) is 23.1. The van der Waals surface area contributed by atoms with Crippen molar-refractivity contribution in [2.24, 2.45) is 0 Å². The summed E-state index contributed by atoms with van der Waals surface area (Å²) in [6.07, 6.45) is 0. The molecule has 0 radical (unpaired) electrons. The van der Waals surface area contributed by atoms with Gasteiger partial charge in [0.05, 0.1) is 21.3 Å². The maximum absolute atomic E-state index is 5.44. The standard InChI is InChI=1S/C37H20N2S3/c1-2-10-21(11-3-1)26-20-27-36(33-25-14-6-9-17-30(25)41-35(26)33)42-37(38-27)39-28-15-7-4-12-22(28)23-18-19-31-32(34(23)39)24-13-5-8-16-29(24)40-31/h1-20H. The zero-order chi connectivity index (χ0) is 27.4. The molecular formula is C37H20N2S3. The zero-order valence-electron chi connectivity index (χ0n) is 22.2. The zero-order valence-corrected chi connectivity index (χ0v) is 24.6. The van der Waals surface area contributed by atoms with E-state index in [1.165, 1.54) is 78.0 Å². The van der Waals surface area contributed by atoms with E-state index in [1.54, 1.807) is 0 Å². The Labute approximate surface area is 252 Å². The molecule has 42 heavy (non-hydrogen) atoms. The van der Waals surface area contributed by atoms with Gasteiger partial charge >= 0.3 is 0 Å². The van der Waals surface area contributed by atoms with Crippen molar-refractivity contribution in [2.75, 3.05) is 0 Å². The van der Waals surface area contributed by atoms with Crippen LogP contribution in [0.3, 0.4) is 0 Å². The van der Waals surface area contributed by atoms with E-state index in [0.29, 0.717) is 0 Å². The Morgan fingerprint density at radius 2 is 1.19 bits per heavy atom. The van der Waals surface area contributed by atoms with Crippen molar-refractivity contribution in [3.05, 3.63) is 121 Å². The summed E-state index contributed by atoms with van der Waals surface area (Å²) in [5, 5.41) is 8.81. The van der Waals surface area contributed by atoms with Crippen molar-refractivity contribution in [2.45, 2.75) is 0 Å². The molecule has 5 heteroatoms. The van der Waals surface area contributed by atoms with Crippen LogP contribution in [0.2, 0.25) is 0 Å². The molecular weight excluding hydrogens is 569 g/mol. The molecule has 4 heterocycles. The number of para-hydroxylation sites is 1. The van der Waals surface area contributed by atoms with Gasteiger partial charge in [-0.05, 0) is 35.9 Å². The van der Waals surface area contributed by atoms with Gasteiger partial charge < -0.3 is 0 Å². The van der Waals surface area contributed by atoms with Gasteiger partial charge in [0.15, 0.2) is 5.13 Å². The number of fused-ring (bicyclic) bond motifs is 12. The normalized spacial score (nSPS) is 12.3. The number of rotatable bonds is 2. The maximum atomic E-state index is 5.44. The van der Waals surface area contributed by atoms with Gasteiger partial charge in [-0.2, -0.15) is 0 Å². The number of thiophene rings is 2. The fourth-order valence-corrected chi connectivity index (χ4v) is 10.2. The van der Waals surface area contributed by atoms with Gasteiger partial charge in [0.1, 0.15) is 0 Å². The van der Waals surface area contributed by atoms with Crippen molar-refractivity contribution in [1.82, 2.24) is 9.55 Å².